The summed E-state index contributed by atoms with van der Waals surface area (Å²) in [5.74, 6) is 0.650. The number of hydrogen-bond donors (Lipinski definition) is 3. The number of aromatic nitrogens is 3. The summed E-state index contributed by atoms with van der Waals surface area (Å²) in [4.78, 5) is 15.7. The Kier molecular flexibility index (Phi) is 4.19. The molecule has 1 aromatic carbocycles. The summed E-state index contributed by atoms with van der Waals surface area (Å²) < 4.78 is 7.02. The molecule has 2 aromatic heterocycles. The number of anilines is 3. The van der Waals surface area contributed by atoms with Gasteiger partial charge in [0.1, 0.15) is 11.4 Å². The van der Waals surface area contributed by atoms with Gasteiger partial charge in [-0.2, -0.15) is 0 Å². The van der Waals surface area contributed by atoms with Crippen molar-refractivity contribution in [3.8, 4) is 5.75 Å². The predicted molar refractivity (Wildman–Crippen MR) is 91.9 cm³/mol. The quantitative estimate of drug-likeness (QED) is 0.640. The summed E-state index contributed by atoms with van der Waals surface area (Å²) in [6.45, 7) is 2.48. The van der Waals surface area contributed by atoms with E-state index in [1.54, 1.807) is 13.1 Å². The van der Waals surface area contributed by atoms with E-state index >= 15 is 0 Å². The van der Waals surface area contributed by atoms with E-state index in [0.717, 1.165) is 5.69 Å². The summed E-state index contributed by atoms with van der Waals surface area (Å²) in [5.41, 5.74) is 7.60. The van der Waals surface area contributed by atoms with Crippen molar-refractivity contribution < 1.29 is 9.53 Å². The molecule has 0 saturated carbocycles. The van der Waals surface area contributed by atoms with Crippen LogP contribution < -0.4 is 21.1 Å². The van der Waals surface area contributed by atoms with Gasteiger partial charge in [0.05, 0.1) is 24.2 Å². The van der Waals surface area contributed by atoms with Crippen LogP contribution in [-0.4, -0.2) is 34.2 Å². The Balaban J connectivity index is 2.07. The Hall–Kier alpha value is -3.29. The van der Waals surface area contributed by atoms with E-state index in [2.05, 4.69) is 20.7 Å². The topological polar surface area (TPSA) is 107 Å². The van der Waals surface area contributed by atoms with Crippen LogP contribution in [0.25, 0.3) is 5.65 Å². The average Bonchev–Trinajstić information content (AvgIpc) is 3.00. The number of rotatable bonds is 6. The van der Waals surface area contributed by atoms with E-state index in [0.29, 0.717) is 29.5 Å². The molecule has 3 aromatic rings. The van der Waals surface area contributed by atoms with Crippen LogP contribution in [0.5, 0.6) is 5.75 Å². The summed E-state index contributed by atoms with van der Waals surface area (Å²) in [6.07, 6.45) is 1.41. The number of benzene rings is 1. The van der Waals surface area contributed by atoms with E-state index in [-0.39, 0.29) is 5.69 Å². The highest BCUT2D eigenvalue weighted by molar-refractivity contribution is 5.92. The molecular weight excluding hydrogens is 308 g/mol. The first kappa shape index (κ1) is 15.6. The number of carbonyl (C=O) groups is 1. The molecule has 0 spiro atoms. The molecule has 0 atom stereocenters. The minimum absolute atomic E-state index is 0.211. The Bertz CT molecular complexity index is 889. The first-order chi connectivity index (χ1) is 11.6. The number of carbonyl (C=O) groups excluding carboxylic acids is 1. The lowest BCUT2D eigenvalue weighted by Gasteiger charge is -2.13. The number of amides is 1. The third kappa shape index (κ3) is 2.81. The van der Waals surface area contributed by atoms with Gasteiger partial charge in [-0.15, -0.1) is 5.10 Å². The van der Waals surface area contributed by atoms with Crippen LogP contribution in [0.2, 0.25) is 0 Å². The van der Waals surface area contributed by atoms with Crippen molar-refractivity contribution in [1.82, 2.24) is 14.6 Å². The second-order valence-corrected chi connectivity index (χ2v) is 4.99. The molecule has 8 nitrogen and oxygen atoms in total. The number of primary amides is 1. The van der Waals surface area contributed by atoms with Crippen molar-refractivity contribution in [3.05, 3.63) is 42.2 Å². The maximum absolute atomic E-state index is 11.5. The van der Waals surface area contributed by atoms with Crippen LogP contribution in [0.4, 0.5) is 17.2 Å². The molecule has 8 heteroatoms. The fraction of sp³-hybridized carbons (Fsp3) is 0.188. The number of nitrogens with two attached hydrogens (primary N) is 1. The van der Waals surface area contributed by atoms with Crippen LogP contribution >= 0.6 is 0 Å². The number of nitrogens with one attached hydrogen (secondary N) is 2. The largest absolute Gasteiger partial charge is 0.492 e. The molecule has 0 fully saturated rings. The fourth-order valence-corrected chi connectivity index (χ4v) is 2.37. The Labute approximate surface area is 138 Å². The van der Waals surface area contributed by atoms with Crippen LogP contribution in [0.3, 0.4) is 0 Å². The Morgan fingerprint density at radius 2 is 2.12 bits per heavy atom. The number of nitrogens with zero attached hydrogens (tertiary/aromatic N) is 3. The Morgan fingerprint density at radius 1 is 1.33 bits per heavy atom. The molecule has 0 unspecified atom stereocenters. The van der Waals surface area contributed by atoms with Crippen molar-refractivity contribution in [3.63, 3.8) is 0 Å². The molecule has 24 heavy (non-hydrogen) atoms. The standard InChI is InChI=1S/C16H18N6O2/c1-3-24-13-7-5-4-6-10(13)20-14-8-11(18-2)16-19-9-12(15(17)23)22(16)21-14/h4-9,18H,3H2,1-2H3,(H2,17,23)(H,20,21). The first-order valence-corrected chi connectivity index (χ1v) is 7.49. The number of ether oxygens (including phenoxy) is 1. The van der Waals surface area contributed by atoms with Crippen molar-refractivity contribution >= 4 is 28.7 Å². The SMILES string of the molecule is CCOc1ccccc1Nc1cc(NC)c2ncc(C(N)=O)n2n1. The molecule has 4 N–H and O–H groups in total. The zero-order valence-electron chi connectivity index (χ0n) is 13.4. The smallest absolute Gasteiger partial charge is 0.269 e. The number of imidazole rings is 1. The Morgan fingerprint density at radius 3 is 2.83 bits per heavy atom. The first-order valence-electron chi connectivity index (χ1n) is 7.49. The van der Waals surface area contributed by atoms with Crippen LogP contribution in [0.1, 0.15) is 17.4 Å². The van der Waals surface area contributed by atoms with Gasteiger partial charge in [-0.1, -0.05) is 12.1 Å². The summed E-state index contributed by atoms with van der Waals surface area (Å²) in [7, 11) is 1.77. The van der Waals surface area contributed by atoms with E-state index in [1.165, 1.54) is 10.7 Å². The van der Waals surface area contributed by atoms with Crippen LogP contribution in [-0.2, 0) is 0 Å². The molecule has 0 bridgehead atoms. The third-order valence-electron chi connectivity index (χ3n) is 3.44. The van der Waals surface area contributed by atoms with Crippen molar-refractivity contribution in [2.75, 3.05) is 24.3 Å². The molecule has 0 saturated heterocycles. The van der Waals surface area contributed by atoms with Gasteiger partial charge in [0.2, 0.25) is 0 Å². The summed E-state index contributed by atoms with van der Waals surface area (Å²) in [6, 6.07) is 9.35. The number of para-hydroxylation sites is 2. The van der Waals surface area contributed by atoms with E-state index in [9.17, 15) is 4.79 Å². The minimum Gasteiger partial charge on any atom is -0.492 e. The average molecular weight is 326 g/mol. The van der Waals surface area contributed by atoms with E-state index in [4.69, 9.17) is 10.5 Å². The zero-order chi connectivity index (χ0) is 17.1. The molecule has 0 aliphatic rings. The normalized spacial score (nSPS) is 10.6. The number of hydrogen-bond acceptors (Lipinski definition) is 6. The van der Waals surface area contributed by atoms with Gasteiger partial charge in [0, 0.05) is 13.1 Å². The lowest BCUT2D eigenvalue weighted by atomic mass is 10.3. The fourth-order valence-electron chi connectivity index (χ4n) is 2.37. The molecule has 124 valence electrons. The van der Waals surface area contributed by atoms with Gasteiger partial charge in [-0.05, 0) is 19.1 Å². The minimum atomic E-state index is -0.594. The molecule has 0 radical (unpaired) electrons. The van der Waals surface area contributed by atoms with Crippen molar-refractivity contribution in [2.24, 2.45) is 5.73 Å². The van der Waals surface area contributed by atoms with Gasteiger partial charge in [-0.3, -0.25) is 4.79 Å². The van der Waals surface area contributed by atoms with Gasteiger partial charge < -0.3 is 21.1 Å². The molecule has 3 rings (SSSR count). The van der Waals surface area contributed by atoms with Gasteiger partial charge in [0.25, 0.3) is 5.91 Å². The van der Waals surface area contributed by atoms with Gasteiger partial charge in [-0.25, -0.2) is 9.50 Å². The molecular formula is C16H18N6O2. The summed E-state index contributed by atoms with van der Waals surface area (Å²) in [5, 5.41) is 10.7. The highest BCUT2D eigenvalue weighted by atomic mass is 16.5. The highest BCUT2D eigenvalue weighted by Gasteiger charge is 2.14. The monoisotopic (exact) mass is 326 g/mol. The predicted octanol–water partition coefficient (Wildman–Crippen LogP) is 2.01. The maximum Gasteiger partial charge on any atom is 0.269 e. The van der Waals surface area contributed by atoms with E-state index in [1.807, 2.05) is 31.2 Å². The van der Waals surface area contributed by atoms with Crippen LogP contribution in [0.15, 0.2) is 36.5 Å². The lowest BCUT2D eigenvalue weighted by Crippen LogP contribution is -2.15. The molecule has 0 aliphatic heterocycles. The van der Waals surface area contributed by atoms with Crippen molar-refractivity contribution in [2.45, 2.75) is 6.92 Å². The lowest BCUT2D eigenvalue weighted by molar-refractivity contribution is 0.0993. The molecule has 1 amide bonds. The zero-order valence-corrected chi connectivity index (χ0v) is 13.4. The second kappa shape index (κ2) is 6.45. The third-order valence-corrected chi connectivity index (χ3v) is 3.44. The molecule has 0 aliphatic carbocycles. The number of fused-ring (bicyclic) bond motifs is 1. The van der Waals surface area contributed by atoms with Crippen LogP contribution in [0, 0.1) is 0 Å². The van der Waals surface area contributed by atoms with Gasteiger partial charge >= 0.3 is 0 Å². The second-order valence-electron chi connectivity index (χ2n) is 4.99. The molecule has 2 heterocycles. The summed E-state index contributed by atoms with van der Waals surface area (Å²) >= 11 is 0. The maximum atomic E-state index is 11.5. The van der Waals surface area contributed by atoms with Crippen molar-refractivity contribution in [1.29, 1.82) is 0 Å². The highest BCUT2D eigenvalue weighted by Crippen LogP contribution is 2.28. The van der Waals surface area contributed by atoms with Gasteiger partial charge in [0.15, 0.2) is 11.5 Å². The van der Waals surface area contributed by atoms with E-state index < -0.39 is 5.91 Å².